The van der Waals surface area contributed by atoms with E-state index in [1.165, 1.54) is 7.11 Å². The minimum atomic E-state index is 0.440. The van der Waals surface area contributed by atoms with E-state index < -0.39 is 0 Å². The summed E-state index contributed by atoms with van der Waals surface area (Å²) in [6.07, 6.45) is 6.91. The number of hydroxylamine groups is 1. The molecule has 2 rings (SSSR count). The van der Waals surface area contributed by atoms with Crippen LogP contribution in [0.5, 0.6) is 0 Å². The van der Waals surface area contributed by atoms with Crippen LogP contribution >= 0.6 is 0 Å². The smallest absolute Gasteiger partial charge is 0.176 e. The van der Waals surface area contributed by atoms with Crippen molar-refractivity contribution in [3.05, 3.63) is 47.2 Å². The number of hydrogen-bond donors (Lipinski definition) is 3. The minimum Gasteiger partial charge on any atom is -0.426 e. The maximum absolute atomic E-state index is 10.3. The van der Waals surface area contributed by atoms with E-state index in [1.54, 1.807) is 36.6 Å². The number of hydrogen-bond acceptors (Lipinski definition) is 5. The zero-order valence-corrected chi connectivity index (χ0v) is 11.9. The molecule has 0 amide bonds. The Bertz CT molecular complexity index is 762. The second kappa shape index (κ2) is 6.62. The summed E-state index contributed by atoms with van der Waals surface area (Å²) in [5.41, 5.74) is 9.72. The van der Waals surface area contributed by atoms with Crippen LogP contribution in [0.3, 0.4) is 0 Å². The van der Waals surface area contributed by atoms with Crippen LogP contribution in [0.4, 0.5) is 5.69 Å². The molecule has 6 nitrogen and oxygen atoms in total. The van der Waals surface area contributed by atoms with Crippen LogP contribution < -0.4 is 21.9 Å². The largest absolute Gasteiger partial charge is 0.426 e. The number of nitrogens with zero attached hydrogens (tertiary/aromatic N) is 2. The normalized spacial score (nSPS) is 13.2. The van der Waals surface area contributed by atoms with Crippen LogP contribution in [-0.4, -0.2) is 22.0 Å². The molecule has 0 aliphatic rings. The van der Waals surface area contributed by atoms with Crippen LogP contribution in [0.25, 0.3) is 23.5 Å². The summed E-state index contributed by atoms with van der Waals surface area (Å²) in [5, 5.41) is 11.5. The Morgan fingerprint density at radius 3 is 2.90 bits per heavy atom. The second-order valence-corrected chi connectivity index (χ2v) is 4.28. The van der Waals surface area contributed by atoms with Gasteiger partial charge in [0.2, 0.25) is 0 Å². The van der Waals surface area contributed by atoms with Crippen molar-refractivity contribution in [2.24, 2.45) is 0 Å². The molecular formula is C15H18N4O2. The van der Waals surface area contributed by atoms with Crippen LogP contribution in [-0.2, 0) is 4.84 Å². The van der Waals surface area contributed by atoms with Gasteiger partial charge in [-0.1, -0.05) is 18.2 Å². The topological polar surface area (TPSA) is 85.3 Å². The molecule has 0 bridgehead atoms. The van der Waals surface area contributed by atoms with Gasteiger partial charge in [-0.2, -0.15) is 4.73 Å². The third-order valence-electron chi connectivity index (χ3n) is 2.87. The van der Waals surface area contributed by atoms with Crippen LogP contribution in [0, 0.1) is 0 Å². The summed E-state index contributed by atoms with van der Waals surface area (Å²) < 4.78 is 1.05. The number of nitrogens with one attached hydrogen (secondary N) is 1. The average molecular weight is 286 g/mol. The zero-order valence-electron chi connectivity index (χ0n) is 11.9. The molecule has 1 heterocycles. The number of nitrogens with two attached hydrogens (primary N) is 1. The van der Waals surface area contributed by atoms with Gasteiger partial charge in [-0.05, 0) is 31.2 Å². The number of nitrogen functional groups attached to an aromatic ring is 1. The first-order chi connectivity index (χ1) is 10.2. The first kappa shape index (κ1) is 14.7. The highest BCUT2D eigenvalue weighted by molar-refractivity contribution is 5.61. The molecule has 0 saturated carbocycles. The molecule has 2 aromatic rings. The van der Waals surface area contributed by atoms with Crippen LogP contribution in [0.2, 0.25) is 0 Å². The summed E-state index contributed by atoms with van der Waals surface area (Å²) >= 11 is 0. The fourth-order valence-corrected chi connectivity index (χ4v) is 1.95. The SMILES string of the molecule is C\C=c1/c(=C\C=C\NOC)nc(-c2cccc(N)c2)n1O. The average Bonchev–Trinajstić information content (AvgIpc) is 2.80. The molecule has 0 unspecified atom stereocenters. The van der Waals surface area contributed by atoms with E-state index in [0.29, 0.717) is 22.2 Å². The molecule has 0 fully saturated rings. The second-order valence-electron chi connectivity index (χ2n) is 4.28. The molecule has 0 aliphatic heterocycles. The molecular weight excluding hydrogens is 268 g/mol. The summed E-state index contributed by atoms with van der Waals surface area (Å²) in [6.45, 7) is 1.83. The van der Waals surface area contributed by atoms with E-state index in [2.05, 4.69) is 10.5 Å². The summed E-state index contributed by atoms with van der Waals surface area (Å²) in [4.78, 5) is 9.13. The molecule has 1 aromatic heterocycles. The Kier molecular flexibility index (Phi) is 4.63. The van der Waals surface area contributed by atoms with Crippen molar-refractivity contribution in [1.29, 1.82) is 0 Å². The highest BCUT2D eigenvalue weighted by Crippen LogP contribution is 2.16. The lowest BCUT2D eigenvalue weighted by Crippen LogP contribution is -2.28. The Labute approximate surface area is 122 Å². The quantitative estimate of drug-likeness (QED) is 0.436. The van der Waals surface area contributed by atoms with Crippen molar-refractivity contribution >= 4 is 17.8 Å². The van der Waals surface area contributed by atoms with Crippen molar-refractivity contribution in [3.8, 4) is 11.4 Å². The first-order valence-corrected chi connectivity index (χ1v) is 6.43. The van der Waals surface area contributed by atoms with Gasteiger partial charge in [0.1, 0.15) is 5.35 Å². The van der Waals surface area contributed by atoms with Crippen molar-refractivity contribution < 1.29 is 10.0 Å². The first-order valence-electron chi connectivity index (χ1n) is 6.43. The van der Waals surface area contributed by atoms with Gasteiger partial charge in [0.05, 0.1) is 12.5 Å². The maximum Gasteiger partial charge on any atom is 0.176 e. The number of rotatable bonds is 4. The van der Waals surface area contributed by atoms with Gasteiger partial charge >= 0.3 is 0 Å². The van der Waals surface area contributed by atoms with Gasteiger partial charge in [-0.15, -0.1) is 0 Å². The van der Waals surface area contributed by atoms with Crippen LogP contribution in [0.15, 0.2) is 36.5 Å². The van der Waals surface area contributed by atoms with Gasteiger partial charge in [0.15, 0.2) is 5.82 Å². The fraction of sp³-hybridized carbons (Fsp3) is 0.133. The Morgan fingerprint density at radius 2 is 2.24 bits per heavy atom. The van der Waals surface area contributed by atoms with Crippen molar-refractivity contribution in [2.75, 3.05) is 12.8 Å². The number of allylic oxidation sites excluding steroid dienone is 1. The van der Waals surface area contributed by atoms with E-state index in [9.17, 15) is 5.21 Å². The molecule has 0 saturated heterocycles. The monoisotopic (exact) mass is 286 g/mol. The molecule has 1 aromatic carbocycles. The fourth-order valence-electron chi connectivity index (χ4n) is 1.95. The highest BCUT2D eigenvalue weighted by Gasteiger charge is 2.08. The number of aromatic nitrogens is 2. The number of anilines is 1. The number of benzene rings is 1. The van der Waals surface area contributed by atoms with Crippen molar-refractivity contribution in [2.45, 2.75) is 6.92 Å². The molecule has 0 atom stereocenters. The number of imidazole rings is 1. The maximum atomic E-state index is 10.3. The molecule has 21 heavy (non-hydrogen) atoms. The van der Waals surface area contributed by atoms with Crippen molar-refractivity contribution in [1.82, 2.24) is 15.2 Å². The van der Waals surface area contributed by atoms with Gasteiger partial charge in [-0.3, -0.25) is 10.3 Å². The highest BCUT2D eigenvalue weighted by atomic mass is 16.6. The van der Waals surface area contributed by atoms with Gasteiger partial charge in [0.25, 0.3) is 0 Å². The zero-order chi connectivity index (χ0) is 15.2. The Hall–Kier alpha value is -2.73. The van der Waals surface area contributed by atoms with E-state index in [4.69, 9.17) is 10.6 Å². The third kappa shape index (κ3) is 3.24. The van der Waals surface area contributed by atoms with Gasteiger partial charge in [-0.25, -0.2) is 4.98 Å². The van der Waals surface area contributed by atoms with Gasteiger partial charge in [0, 0.05) is 17.5 Å². The molecule has 0 radical (unpaired) electrons. The lowest BCUT2D eigenvalue weighted by atomic mass is 10.2. The molecule has 0 aliphatic carbocycles. The van der Waals surface area contributed by atoms with Crippen molar-refractivity contribution in [3.63, 3.8) is 0 Å². The minimum absolute atomic E-state index is 0.440. The lowest BCUT2D eigenvalue weighted by Gasteiger charge is -2.01. The van der Waals surface area contributed by atoms with E-state index in [1.807, 2.05) is 19.1 Å². The summed E-state index contributed by atoms with van der Waals surface area (Å²) in [6, 6.07) is 7.21. The third-order valence-corrected chi connectivity index (χ3v) is 2.87. The predicted molar refractivity (Wildman–Crippen MR) is 82.4 cm³/mol. The Morgan fingerprint density at radius 1 is 1.43 bits per heavy atom. The molecule has 110 valence electrons. The van der Waals surface area contributed by atoms with E-state index >= 15 is 0 Å². The molecule has 6 heteroatoms. The molecule has 4 N–H and O–H groups in total. The van der Waals surface area contributed by atoms with Gasteiger partial charge < -0.3 is 10.9 Å². The Balaban J connectivity index is 2.53. The van der Waals surface area contributed by atoms with Crippen LogP contribution in [0.1, 0.15) is 6.92 Å². The lowest BCUT2D eigenvalue weighted by molar-refractivity contribution is 0.128. The molecule has 0 spiro atoms. The standard InChI is InChI=1S/C15H18N4O2/c1-3-14-13(8-5-9-17-21-2)18-15(19(14)20)11-6-4-7-12(16)10-11/h3-10,17,20H,16H2,1-2H3/b9-5+,13-8+,14-3+. The van der Waals surface area contributed by atoms with E-state index in [0.717, 1.165) is 10.3 Å². The summed E-state index contributed by atoms with van der Waals surface area (Å²) in [7, 11) is 1.52. The predicted octanol–water partition coefficient (Wildman–Crippen LogP) is 0.615. The van der Waals surface area contributed by atoms with E-state index in [-0.39, 0.29) is 0 Å². The summed E-state index contributed by atoms with van der Waals surface area (Å²) in [5.74, 6) is 0.440.